The smallest absolute Gasteiger partial charge is 0.133 e. The Morgan fingerprint density at radius 1 is 1.15 bits per heavy atom. The van der Waals surface area contributed by atoms with Crippen LogP contribution in [0.15, 0.2) is 0 Å². The predicted octanol–water partition coefficient (Wildman–Crippen LogP) is 2.79. The van der Waals surface area contributed by atoms with Gasteiger partial charge in [-0.3, -0.25) is 4.79 Å². The maximum absolute atomic E-state index is 10.7. The van der Waals surface area contributed by atoms with Gasteiger partial charge in [0.05, 0.1) is 6.10 Å². The van der Waals surface area contributed by atoms with E-state index < -0.39 is 0 Å². The van der Waals surface area contributed by atoms with Gasteiger partial charge in [0.25, 0.3) is 0 Å². The van der Waals surface area contributed by atoms with Crippen LogP contribution in [0.25, 0.3) is 0 Å². The Balaban J connectivity index is 0. The zero-order chi connectivity index (χ0) is 10.9. The van der Waals surface area contributed by atoms with Crippen LogP contribution >= 0.6 is 0 Å². The average molecular weight is 188 g/mol. The van der Waals surface area contributed by atoms with Crippen molar-refractivity contribution in [2.24, 2.45) is 5.92 Å². The van der Waals surface area contributed by atoms with Crippen molar-refractivity contribution in [2.75, 3.05) is 0 Å². The third-order valence-corrected chi connectivity index (χ3v) is 1.98. The van der Waals surface area contributed by atoms with Gasteiger partial charge in [0, 0.05) is 5.92 Å². The molecule has 1 fully saturated rings. The summed E-state index contributed by atoms with van der Waals surface area (Å²) >= 11 is 0. The molecule has 2 atom stereocenters. The van der Waals surface area contributed by atoms with Crippen LogP contribution in [0.3, 0.4) is 0 Å². The van der Waals surface area contributed by atoms with Crippen LogP contribution in [0.2, 0.25) is 0 Å². The fourth-order valence-corrected chi connectivity index (χ4v) is 1.33. The van der Waals surface area contributed by atoms with Gasteiger partial charge in [-0.05, 0) is 26.2 Å². The Morgan fingerprint density at radius 2 is 1.62 bits per heavy atom. The second-order valence-electron chi connectivity index (χ2n) is 2.77. The number of carbonyl (C=O) groups excluding carboxylic acids is 1. The first-order chi connectivity index (χ1) is 6.20. The molecule has 13 heavy (non-hydrogen) atoms. The summed E-state index contributed by atoms with van der Waals surface area (Å²) in [5, 5.41) is 9.00. The monoisotopic (exact) mass is 188 g/mol. The first kappa shape index (κ1) is 15.1. The Morgan fingerprint density at radius 3 is 1.77 bits per heavy atom. The van der Waals surface area contributed by atoms with E-state index in [1.165, 1.54) is 0 Å². The van der Waals surface area contributed by atoms with Gasteiger partial charge in [0.2, 0.25) is 0 Å². The molecule has 1 aliphatic carbocycles. The molecule has 0 aromatic carbocycles. The summed E-state index contributed by atoms with van der Waals surface area (Å²) in [5.74, 6) is 0.381. The van der Waals surface area contributed by atoms with Crippen LogP contribution in [0.5, 0.6) is 0 Å². The molecule has 1 N–H and O–H groups in total. The number of rotatable bonds is 1. The summed E-state index contributed by atoms with van der Waals surface area (Å²) in [6.45, 7) is 9.60. The van der Waals surface area contributed by atoms with E-state index in [0.29, 0.717) is 6.42 Å². The molecule has 0 heterocycles. The number of aliphatic hydroxyl groups excluding tert-OH is 1. The summed E-state index contributed by atoms with van der Waals surface area (Å²) < 4.78 is 0. The van der Waals surface area contributed by atoms with Crippen molar-refractivity contribution in [3.05, 3.63) is 0 Å². The van der Waals surface area contributed by atoms with Gasteiger partial charge in [0.1, 0.15) is 5.78 Å². The quantitative estimate of drug-likeness (QED) is 0.687. The predicted molar refractivity (Wildman–Crippen MR) is 56.7 cm³/mol. The molecule has 80 valence electrons. The number of aliphatic hydroxyl groups is 1. The first-order valence-electron chi connectivity index (χ1n) is 5.38. The van der Waals surface area contributed by atoms with Gasteiger partial charge in [-0.1, -0.05) is 27.7 Å². The molecule has 2 unspecified atom stereocenters. The van der Waals surface area contributed by atoms with E-state index in [1.807, 2.05) is 27.7 Å². The highest BCUT2D eigenvalue weighted by Crippen LogP contribution is 2.25. The molecular formula is C11H24O2. The van der Waals surface area contributed by atoms with E-state index in [-0.39, 0.29) is 17.8 Å². The SMILES string of the molecule is CC.CC.CC(=O)C1CCC(O)C1. The third-order valence-electron chi connectivity index (χ3n) is 1.98. The van der Waals surface area contributed by atoms with Crippen molar-refractivity contribution in [1.29, 1.82) is 0 Å². The summed E-state index contributed by atoms with van der Waals surface area (Å²) in [4.78, 5) is 10.7. The van der Waals surface area contributed by atoms with Crippen LogP contribution in [0.1, 0.15) is 53.9 Å². The lowest BCUT2D eigenvalue weighted by atomic mass is 10.0. The van der Waals surface area contributed by atoms with E-state index in [9.17, 15) is 4.79 Å². The van der Waals surface area contributed by atoms with Gasteiger partial charge >= 0.3 is 0 Å². The van der Waals surface area contributed by atoms with Gasteiger partial charge in [-0.15, -0.1) is 0 Å². The number of ketones is 1. The van der Waals surface area contributed by atoms with Gasteiger partial charge in [0.15, 0.2) is 0 Å². The van der Waals surface area contributed by atoms with Crippen LogP contribution in [0, 0.1) is 5.92 Å². The summed E-state index contributed by atoms with van der Waals surface area (Å²) in [5.41, 5.74) is 0. The lowest BCUT2D eigenvalue weighted by Gasteiger charge is -2.01. The Kier molecular flexibility index (Phi) is 11.3. The second kappa shape index (κ2) is 9.72. The molecule has 1 saturated carbocycles. The molecule has 0 bridgehead atoms. The maximum atomic E-state index is 10.7. The Hall–Kier alpha value is -0.370. The molecule has 0 aromatic rings. The standard InChI is InChI=1S/C7H12O2.2C2H6/c1-5(8)6-2-3-7(9)4-6;2*1-2/h6-7,9H,2-4H2,1H3;2*1-2H3. The molecule has 0 aromatic heterocycles. The average Bonchev–Trinajstić information content (AvgIpc) is 2.59. The number of hydrogen-bond donors (Lipinski definition) is 1. The zero-order valence-corrected chi connectivity index (χ0v) is 9.63. The number of carbonyl (C=O) groups is 1. The second-order valence-corrected chi connectivity index (χ2v) is 2.77. The first-order valence-corrected chi connectivity index (χ1v) is 5.38. The molecule has 1 rings (SSSR count). The molecule has 2 heteroatoms. The number of hydrogen-bond acceptors (Lipinski definition) is 2. The normalized spacial score (nSPS) is 25.1. The summed E-state index contributed by atoms with van der Waals surface area (Å²) in [6.07, 6.45) is 2.18. The van der Waals surface area contributed by atoms with Crippen molar-refractivity contribution in [3.63, 3.8) is 0 Å². The van der Waals surface area contributed by atoms with Crippen molar-refractivity contribution in [2.45, 2.75) is 60.0 Å². The third kappa shape index (κ3) is 6.76. The highest BCUT2D eigenvalue weighted by atomic mass is 16.3. The van der Waals surface area contributed by atoms with Gasteiger partial charge in [-0.25, -0.2) is 0 Å². The van der Waals surface area contributed by atoms with E-state index in [0.717, 1.165) is 12.8 Å². The zero-order valence-electron chi connectivity index (χ0n) is 9.63. The van der Waals surface area contributed by atoms with Crippen LogP contribution in [-0.2, 0) is 4.79 Å². The van der Waals surface area contributed by atoms with E-state index >= 15 is 0 Å². The molecule has 0 amide bonds. The Labute approximate surface area is 82.4 Å². The van der Waals surface area contributed by atoms with Crippen molar-refractivity contribution in [3.8, 4) is 0 Å². The fourth-order valence-electron chi connectivity index (χ4n) is 1.33. The molecule has 0 saturated heterocycles. The van der Waals surface area contributed by atoms with E-state index in [4.69, 9.17) is 5.11 Å². The molecule has 2 nitrogen and oxygen atoms in total. The topological polar surface area (TPSA) is 37.3 Å². The minimum atomic E-state index is -0.209. The fraction of sp³-hybridized carbons (Fsp3) is 0.909. The van der Waals surface area contributed by atoms with Gasteiger partial charge < -0.3 is 5.11 Å². The molecule has 0 aliphatic heterocycles. The molecular weight excluding hydrogens is 164 g/mol. The lowest BCUT2D eigenvalue weighted by Crippen LogP contribution is -2.07. The molecule has 0 spiro atoms. The molecule has 0 radical (unpaired) electrons. The van der Waals surface area contributed by atoms with E-state index in [2.05, 4.69) is 0 Å². The number of Topliss-reactive ketones (excluding diaryl/α,β-unsaturated/α-hetero) is 1. The largest absolute Gasteiger partial charge is 0.393 e. The molecule has 1 aliphatic rings. The lowest BCUT2D eigenvalue weighted by molar-refractivity contribution is -0.120. The Bertz CT molecular complexity index is 121. The maximum Gasteiger partial charge on any atom is 0.133 e. The van der Waals surface area contributed by atoms with Crippen molar-refractivity contribution in [1.82, 2.24) is 0 Å². The van der Waals surface area contributed by atoms with E-state index in [1.54, 1.807) is 6.92 Å². The van der Waals surface area contributed by atoms with Crippen LogP contribution in [0.4, 0.5) is 0 Å². The van der Waals surface area contributed by atoms with Crippen LogP contribution in [-0.4, -0.2) is 17.0 Å². The summed E-state index contributed by atoms with van der Waals surface area (Å²) in [7, 11) is 0. The highest BCUT2D eigenvalue weighted by Gasteiger charge is 2.25. The van der Waals surface area contributed by atoms with Crippen LogP contribution < -0.4 is 0 Å². The minimum absolute atomic E-state index is 0.153. The highest BCUT2D eigenvalue weighted by molar-refractivity contribution is 5.78. The van der Waals surface area contributed by atoms with Crippen molar-refractivity contribution >= 4 is 5.78 Å². The van der Waals surface area contributed by atoms with Crippen molar-refractivity contribution < 1.29 is 9.90 Å². The van der Waals surface area contributed by atoms with Gasteiger partial charge in [-0.2, -0.15) is 0 Å². The minimum Gasteiger partial charge on any atom is -0.393 e. The summed E-state index contributed by atoms with van der Waals surface area (Å²) in [6, 6.07) is 0.